The lowest BCUT2D eigenvalue weighted by atomic mass is 9.98. The monoisotopic (exact) mass is 310 g/mol. The summed E-state index contributed by atoms with van der Waals surface area (Å²) in [6.07, 6.45) is 4.26. The maximum atomic E-state index is 12.6. The Bertz CT molecular complexity index is 540. The van der Waals surface area contributed by atoms with Gasteiger partial charge in [-0.15, -0.1) is 0 Å². The first kappa shape index (κ1) is 16.5. The summed E-state index contributed by atoms with van der Waals surface area (Å²) in [6, 6.07) is 7.54. The quantitative estimate of drug-likeness (QED) is 0.909. The number of benzene rings is 1. The van der Waals surface area contributed by atoms with Crippen LogP contribution in [0.25, 0.3) is 0 Å². The summed E-state index contributed by atoms with van der Waals surface area (Å²) < 4.78 is 26.8. The molecule has 1 unspecified atom stereocenters. The van der Waals surface area contributed by atoms with Gasteiger partial charge in [0.25, 0.3) is 0 Å². The third-order valence-corrected chi connectivity index (χ3v) is 6.24. The predicted octanol–water partition coefficient (Wildman–Crippen LogP) is 2.49. The maximum Gasteiger partial charge on any atom is 0.218 e. The van der Waals surface area contributed by atoms with Gasteiger partial charge in [-0.3, -0.25) is 0 Å². The number of nitrogens with zero attached hydrogens (tertiary/aromatic N) is 1. The zero-order valence-electron chi connectivity index (χ0n) is 12.8. The first-order valence-corrected chi connectivity index (χ1v) is 9.41. The molecule has 1 saturated heterocycles. The lowest BCUT2D eigenvalue weighted by Gasteiger charge is -2.20. The highest BCUT2D eigenvalue weighted by Crippen LogP contribution is 2.23. The molecule has 1 fully saturated rings. The fourth-order valence-electron chi connectivity index (χ4n) is 2.90. The molecule has 0 bridgehead atoms. The molecule has 21 heavy (non-hydrogen) atoms. The third-order valence-electron chi connectivity index (χ3n) is 4.39. The Morgan fingerprint density at radius 2 is 1.81 bits per heavy atom. The number of hydrogen-bond acceptors (Lipinski definition) is 3. The predicted molar refractivity (Wildman–Crippen MR) is 86.2 cm³/mol. The van der Waals surface area contributed by atoms with E-state index in [1.54, 1.807) is 4.31 Å². The molecule has 1 heterocycles. The van der Waals surface area contributed by atoms with Crippen LogP contribution in [-0.4, -0.2) is 25.8 Å². The Labute approximate surface area is 128 Å². The van der Waals surface area contributed by atoms with E-state index in [0.717, 1.165) is 36.8 Å². The molecule has 0 radical (unpaired) electrons. The summed E-state index contributed by atoms with van der Waals surface area (Å²) in [7, 11) is -3.21. The molecule has 1 aliphatic rings. The molecule has 0 saturated carbocycles. The normalized spacial score (nSPS) is 21.1. The summed E-state index contributed by atoms with van der Waals surface area (Å²) in [6.45, 7) is 4.01. The average molecular weight is 310 g/mol. The van der Waals surface area contributed by atoms with Crippen LogP contribution in [0.15, 0.2) is 24.3 Å². The van der Waals surface area contributed by atoms with E-state index in [-0.39, 0.29) is 5.75 Å². The van der Waals surface area contributed by atoms with Crippen molar-refractivity contribution in [2.75, 3.05) is 13.1 Å². The summed E-state index contributed by atoms with van der Waals surface area (Å²) in [5.74, 6) is 0.767. The standard InChI is InChI=1S/C16H26N2O2S/c1-2-14-4-3-10-18(11-9-14)21(19,20)13-16-7-5-15(12-17)6-8-16/h5-8,14H,2-4,9-13,17H2,1H3. The van der Waals surface area contributed by atoms with Gasteiger partial charge in [-0.05, 0) is 36.3 Å². The smallest absolute Gasteiger partial charge is 0.218 e. The molecule has 1 aromatic carbocycles. The van der Waals surface area contributed by atoms with Crippen LogP contribution < -0.4 is 5.73 Å². The molecule has 4 nitrogen and oxygen atoms in total. The van der Waals surface area contributed by atoms with Crippen molar-refractivity contribution in [3.05, 3.63) is 35.4 Å². The minimum atomic E-state index is -3.21. The molecule has 1 atom stereocenters. The number of rotatable bonds is 5. The van der Waals surface area contributed by atoms with E-state index in [9.17, 15) is 8.42 Å². The molecule has 2 N–H and O–H groups in total. The van der Waals surface area contributed by atoms with Gasteiger partial charge in [0.1, 0.15) is 0 Å². The summed E-state index contributed by atoms with van der Waals surface area (Å²) in [4.78, 5) is 0. The lowest BCUT2D eigenvalue weighted by molar-refractivity contribution is 0.407. The Hall–Kier alpha value is -0.910. The second-order valence-electron chi connectivity index (χ2n) is 5.88. The van der Waals surface area contributed by atoms with E-state index < -0.39 is 10.0 Å². The molecular weight excluding hydrogens is 284 g/mol. The van der Waals surface area contributed by atoms with E-state index in [0.29, 0.717) is 25.6 Å². The molecule has 118 valence electrons. The summed E-state index contributed by atoms with van der Waals surface area (Å²) >= 11 is 0. The molecule has 0 aromatic heterocycles. The molecule has 1 aromatic rings. The SMILES string of the molecule is CCC1CCCN(S(=O)(=O)Cc2ccc(CN)cc2)CC1. The topological polar surface area (TPSA) is 63.4 Å². The van der Waals surface area contributed by atoms with Crippen molar-refractivity contribution in [1.82, 2.24) is 4.31 Å². The van der Waals surface area contributed by atoms with E-state index >= 15 is 0 Å². The molecule has 1 aliphatic heterocycles. The number of hydrogen-bond donors (Lipinski definition) is 1. The van der Waals surface area contributed by atoms with Gasteiger partial charge in [0.05, 0.1) is 5.75 Å². The number of sulfonamides is 1. The van der Waals surface area contributed by atoms with Crippen LogP contribution >= 0.6 is 0 Å². The van der Waals surface area contributed by atoms with Crippen molar-refractivity contribution in [2.45, 2.75) is 44.9 Å². The molecule has 0 spiro atoms. The first-order valence-electron chi connectivity index (χ1n) is 7.81. The molecule has 5 heteroatoms. The van der Waals surface area contributed by atoms with E-state index in [4.69, 9.17) is 5.73 Å². The number of nitrogens with two attached hydrogens (primary N) is 1. The van der Waals surface area contributed by atoms with Gasteiger partial charge in [-0.1, -0.05) is 37.6 Å². The Morgan fingerprint density at radius 1 is 1.14 bits per heavy atom. The fourth-order valence-corrected chi connectivity index (χ4v) is 4.49. The third kappa shape index (κ3) is 4.53. The highest BCUT2D eigenvalue weighted by Gasteiger charge is 2.25. The Balaban J connectivity index is 2.03. The average Bonchev–Trinajstić information content (AvgIpc) is 2.73. The second-order valence-corrected chi connectivity index (χ2v) is 7.85. The highest BCUT2D eigenvalue weighted by molar-refractivity contribution is 7.88. The van der Waals surface area contributed by atoms with Crippen molar-refractivity contribution in [1.29, 1.82) is 0 Å². The first-order chi connectivity index (χ1) is 10.0. The van der Waals surface area contributed by atoms with E-state index in [1.165, 1.54) is 0 Å². The molecular formula is C16H26N2O2S. The van der Waals surface area contributed by atoms with E-state index in [2.05, 4.69) is 6.92 Å². The van der Waals surface area contributed by atoms with Crippen molar-refractivity contribution >= 4 is 10.0 Å². The zero-order chi connectivity index (χ0) is 15.3. The van der Waals surface area contributed by atoms with Gasteiger partial charge in [0, 0.05) is 19.6 Å². The second kappa shape index (κ2) is 7.38. The van der Waals surface area contributed by atoms with Gasteiger partial charge in [0.15, 0.2) is 0 Å². The zero-order valence-corrected chi connectivity index (χ0v) is 13.6. The lowest BCUT2D eigenvalue weighted by Crippen LogP contribution is -2.33. The van der Waals surface area contributed by atoms with Gasteiger partial charge in [-0.2, -0.15) is 0 Å². The van der Waals surface area contributed by atoms with Crippen LogP contribution in [0.2, 0.25) is 0 Å². The van der Waals surface area contributed by atoms with Gasteiger partial charge >= 0.3 is 0 Å². The maximum absolute atomic E-state index is 12.6. The van der Waals surface area contributed by atoms with Crippen LogP contribution in [0.1, 0.15) is 43.7 Å². The van der Waals surface area contributed by atoms with Crippen LogP contribution in [0, 0.1) is 5.92 Å². The minimum Gasteiger partial charge on any atom is -0.326 e. The van der Waals surface area contributed by atoms with Gasteiger partial charge in [0.2, 0.25) is 10.0 Å². The Morgan fingerprint density at radius 3 is 2.43 bits per heavy atom. The van der Waals surface area contributed by atoms with Crippen LogP contribution in [0.4, 0.5) is 0 Å². The van der Waals surface area contributed by atoms with Crippen LogP contribution in [-0.2, 0) is 22.3 Å². The molecule has 2 rings (SSSR count). The van der Waals surface area contributed by atoms with Crippen LogP contribution in [0.5, 0.6) is 0 Å². The summed E-state index contributed by atoms with van der Waals surface area (Å²) in [5, 5.41) is 0. The van der Waals surface area contributed by atoms with Gasteiger partial charge < -0.3 is 5.73 Å². The highest BCUT2D eigenvalue weighted by atomic mass is 32.2. The van der Waals surface area contributed by atoms with Crippen molar-refractivity contribution in [3.63, 3.8) is 0 Å². The van der Waals surface area contributed by atoms with E-state index in [1.807, 2.05) is 24.3 Å². The molecule has 0 amide bonds. The van der Waals surface area contributed by atoms with Gasteiger partial charge in [-0.25, -0.2) is 12.7 Å². The van der Waals surface area contributed by atoms with Crippen molar-refractivity contribution in [3.8, 4) is 0 Å². The molecule has 0 aliphatic carbocycles. The fraction of sp³-hybridized carbons (Fsp3) is 0.625. The van der Waals surface area contributed by atoms with Crippen LogP contribution in [0.3, 0.4) is 0 Å². The summed E-state index contributed by atoms with van der Waals surface area (Å²) in [5.41, 5.74) is 7.42. The largest absolute Gasteiger partial charge is 0.326 e. The van der Waals surface area contributed by atoms with Crippen molar-refractivity contribution in [2.24, 2.45) is 11.7 Å². The Kier molecular flexibility index (Phi) is 5.79. The minimum absolute atomic E-state index is 0.0919. The van der Waals surface area contributed by atoms with Crippen molar-refractivity contribution < 1.29 is 8.42 Å².